The summed E-state index contributed by atoms with van der Waals surface area (Å²) < 4.78 is 35.3. The highest BCUT2D eigenvalue weighted by molar-refractivity contribution is 7.86. The van der Waals surface area contributed by atoms with E-state index in [1.54, 1.807) is 26.3 Å². The van der Waals surface area contributed by atoms with Crippen molar-refractivity contribution in [2.24, 2.45) is 0 Å². The van der Waals surface area contributed by atoms with Crippen molar-refractivity contribution in [2.45, 2.75) is 26.1 Å². The second-order valence-electron chi connectivity index (χ2n) is 8.36. The van der Waals surface area contributed by atoms with Crippen molar-refractivity contribution in [1.82, 2.24) is 18.6 Å². The Bertz CT molecular complexity index is 1180. The third kappa shape index (κ3) is 4.13. The predicted octanol–water partition coefficient (Wildman–Crippen LogP) is 2.83. The van der Waals surface area contributed by atoms with Crippen molar-refractivity contribution >= 4 is 37.6 Å². The lowest BCUT2D eigenvalue weighted by atomic mass is 10.2. The van der Waals surface area contributed by atoms with Crippen LogP contribution in [-0.2, 0) is 14.9 Å². The number of piperazine rings is 1. The molecule has 1 aromatic carbocycles. The number of thiophene rings is 1. The summed E-state index contributed by atoms with van der Waals surface area (Å²) in [5.41, 5.74) is 1.16. The molecule has 170 valence electrons. The quantitative estimate of drug-likeness (QED) is 0.580. The molecule has 10 heteroatoms. The van der Waals surface area contributed by atoms with E-state index in [0.717, 1.165) is 26.5 Å². The molecule has 0 bridgehead atoms. The molecular formula is C22H27N5O3S2. The van der Waals surface area contributed by atoms with Crippen molar-refractivity contribution in [3.63, 3.8) is 0 Å². The minimum atomic E-state index is -3.50. The normalized spacial score (nSPS) is 23.6. The number of ether oxygens (including phenoxy) is 1. The predicted molar refractivity (Wildman–Crippen MR) is 127 cm³/mol. The van der Waals surface area contributed by atoms with E-state index in [9.17, 15) is 8.42 Å². The molecule has 2 unspecified atom stereocenters. The van der Waals surface area contributed by atoms with Crippen LogP contribution in [0.5, 0.6) is 0 Å². The number of fused-ring (bicyclic) bond motifs is 1. The van der Waals surface area contributed by atoms with Gasteiger partial charge in [-0.05, 0) is 25.5 Å². The zero-order chi connectivity index (χ0) is 22.3. The van der Waals surface area contributed by atoms with Gasteiger partial charge in [0.05, 0.1) is 17.6 Å². The van der Waals surface area contributed by atoms with Crippen LogP contribution in [0.15, 0.2) is 42.7 Å². The lowest BCUT2D eigenvalue weighted by Crippen LogP contribution is -2.57. The first-order valence-electron chi connectivity index (χ1n) is 10.9. The molecular weight excluding hydrogens is 446 g/mol. The lowest BCUT2D eigenvalue weighted by molar-refractivity contribution is -0.0455. The van der Waals surface area contributed by atoms with Crippen LogP contribution in [0.2, 0.25) is 0 Å². The van der Waals surface area contributed by atoms with E-state index in [1.807, 2.05) is 32.0 Å². The zero-order valence-corrected chi connectivity index (χ0v) is 19.8. The molecule has 8 nitrogen and oxygen atoms in total. The van der Waals surface area contributed by atoms with Gasteiger partial charge < -0.3 is 9.64 Å². The van der Waals surface area contributed by atoms with E-state index in [4.69, 9.17) is 4.74 Å². The SMILES string of the molecule is CC1CN(S(=O)(=O)N2CCN(c3ncnc4sc(-c5ccccc5)cc34)CC2)CC(C)O1. The summed E-state index contributed by atoms with van der Waals surface area (Å²) in [6.07, 6.45) is 1.41. The van der Waals surface area contributed by atoms with Crippen LogP contribution in [0.1, 0.15) is 13.8 Å². The Balaban J connectivity index is 1.34. The van der Waals surface area contributed by atoms with Gasteiger partial charge in [0.15, 0.2) is 0 Å². The molecule has 32 heavy (non-hydrogen) atoms. The van der Waals surface area contributed by atoms with Gasteiger partial charge in [-0.15, -0.1) is 11.3 Å². The van der Waals surface area contributed by atoms with Crippen LogP contribution in [0.25, 0.3) is 20.7 Å². The molecule has 0 saturated carbocycles. The summed E-state index contributed by atoms with van der Waals surface area (Å²) >= 11 is 1.65. The fourth-order valence-electron chi connectivity index (χ4n) is 4.45. The number of hydrogen-bond donors (Lipinski definition) is 0. The van der Waals surface area contributed by atoms with Crippen molar-refractivity contribution < 1.29 is 13.2 Å². The number of hydrogen-bond acceptors (Lipinski definition) is 7. The van der Waals surface area contributed by atoms with Crippen LogP contribution in [-0.4, -0.2) is 78.5 Å². The molecule has 5 rings (SSSR count). The molecule has 2 fully saturated rings. The second kappa shape index (κ2) is 8.68. The maximum atomic E-state index is 13.2. The Morgan fingerprint density at radius 3 is 2.34 bits per heavy atom. The first-order chi connectivity index (χ1) is 15.4. The smallest absolute Gasteiger partial charge is 0.282 e. The Labute approximate surface area is 192 Å². The molecule has 2 aromatic heterocycles. The van der Waals surface area contributed by atoms with E-state index in [1.165, 1.54) is 0 Å². The zero-order valence-electron chi connectivity index (χ0n) is 18.2. The minimum Gasteiger partial charge on any atom is -0.373 e. The summed E-state index contributed by atoms with van der Waals surface area (Å²) in [5, 5.41) is 1.02. The Morgan fingerprint density at radius 2 is 1.66 bits per heavy atom. The number of nitrogens with zero attached hydrogens (tertiary/aromatic N) is 5. The largest absolute Gasteiger partial charge is 0.373 e. The van der Waals surface area contributed by atoms with Crippen molar-refractivity contribution in [3.8, 4) is 10.4 Å². The van der Waals surface area contributed by atoms with Gasteiger partial charge in [-0.2, -0.15) is 17.0 Å². The van der Waals surface area contributed by atoms with Crippen LogP contribution < -0.4 is 4.90 Å². The summed E-state index contributed by atoms with van der Waals surface area (Å²) in [5.74, 6) is 0.874. The standard InChI is InChI=1S/C22H27N5O3S2/c1-16-13-27(14-17(2)30-16)32(28,29)26-10-8-25(9-11-26)21-19-12-20(18-6-4-3-5-7-18)31-22(19)24-15-23-21/h3-7,12,15-17H,8-11,13-14H2,1-2H3. The van der Waals surface area contributed by atoms with Crippen molar-refractivity contribution in [1.29, 1.82) is 0 Å². The summed E-state index contributed by atoms with van der Waals surface area (Å²) in [6, 6.07) is 12.4. The number of aromatic nitrogens is 2. The van der Waals surface area contributed by atoms with E-state index < -0.39 is 10.2 Å². The highest BCUT2D eigenvalue weighted by Gasteiger charge is 2.37. The van der Waals surface area contributed by atoms with Gasteiger partial charge in [0.25, 0.3) is 10.2 Å². The molecule has 2 aliphatic heterocycles. The monoisotopic (exact) mass is 473 g/mol. The minimum absolute atomic E-state index is 0.0958. The molecule has 0 aliphatic carbocycles. The first kappa shape index (κ1) is 21.7. The van der Waals surface area contributed by atoms with E-state index in [0.29, 0.717) is 39.3 Å². The molecule has 2 saturated heterocycles. The van der Waals surface area contributed by atoms with E-state index in [2.05, 4.69) is 33.1 Å². The van der Waals surface area contributed by atoms with Crippen LogP contribution in [0.4, 0.5) is 5.82 Å². The lowest BCUT2D eigenvalue weighted by Gasteiger charge is -2.40. The van der Waals surface area contributed by atoms with Gasteiger partial charge in [-0.3, -0.25) is 0 Å². The molecule has 4 heterocycles. The van der Waals surface area contributed by atoms with Crippen LogP contribution >= 0.6 is 11.3 Å². The fraction of sp³-hybridized carbons (Fsp3) is 0.455. The highest BCUT2D eigenvalue weighted by atomic mass is 32.2. The maximum absolute atomic E-state index is 13.2. The number of anilines is 1. The third-order valence-corrected chi connectivity index (χ3v) is 9.00. The van der Waals surface area contributed by atoms with Gasteiger partial charge in [-0.1, -0.05) is 30.3 Å². The summed E-state index contributed by atoms with van der Waals surface area (Å²) in [6.45, 7) is 6.69. The van der Waals surface area contributed by atoms with Crippen molar-refractivity contribution in [3.05, 3.63) is 42.7 Å². The Kier molecular flexibility index (Phi) is 5.89. The van der Waals surface area contributed by atoms with Crippen LogP contribution in [0.3, 0.4) is 0 Å². The van der Waals surface area contributed by atoms with Gasteiger partial charge in [0.1, 0.15) is 17.0 Å². The average Bonchev–Trinajstić information content (AvgIpc) is 3.24. The fourth-order valence-corrected chi connectivity index (χ4v) is 7.20. The Hall–Kier alpha value is -2.11. The van der Waals surface area contributed by atoms with Crippen molar-refractivity contribution in [2.75, 3.05) is 44.2 Å². The molecule has 0 amide bonds. The van der Waals surface area contributed by atoms with E-state index in [-0.39, 0.29) is 12.2 Å². The van der Waals surface area contributed by atoms with Gasteiger partial charge in [0.2, 0.25) is 0 Å². The molecule has 3 aromatic rings. The number of rotatable bonds is 4. The maximum Gasteiger partial charge on any atom is 0.282 e. The van der Waals surface area contributed by atoms with Crippen LogP contribution in [0, 0.1) is 0 Å². The first-order valence-corrected chi connectivity index (χ1v) is 13.1. The molecule has 2 aliphatic rings. The number of morpholine rings is 1. The third-order valence-electron chi connectivity index (χ3n) is 5.94. The summed E-state index contributed by atoms with van der Waals surface area (Å²) in [7, 11) is -3.50. The molecule has 0 radical (unpaired) electrons. The molecule has 0 N–H and O–H groups in total. The Morgan fingerprint density at radius 1 is 0.969 bits per heavy atom. The average molecular weight is 474 g/mol. The van der Waals surface area contributed by atoms with Gasteiger partial charge in [0, 0.05) is 44.1 Å². The molecule has 0 spiro atoms. The number of benzene rings is 1. The second-order valence-corrected chi connectivity index (χ2v) is 11.3. The van der Waals surface area contributed by atoms with Gasteiger partial charge >= 0.3 is 0 Å². The highest BCUT2D eigenvalue weighted by Crippen LogP contribution is 2.36. The topological polar surface area (TPSA) is 78.9 Å². The van der Waals surface area contributed by atoms with Gasteiger partial charge in [-0.25, -0.2) is 9.97 Å². The summed E-state index contributed by atoms with van der Waals surface area (Å²) in [4.78, 5) is 13.3. The van der Waals surface area contributed by atoms with E-state index >= 15 is 0 Å². The molecule has 2 atom stereocenters.